The largest absolute Gasteiger partial charge is 0.495 e. The number of rotatable bonds is 7. The van der Waals surface area contributed by atoms with E-state index in [4.69, 9.17) is 16.3 Å². The van der Waals surface area contributed by atoms with Crippen LogP contribution in [-0.2, 0) is 26.1 Å². The minimum absolute atomic E-state index is 0.0414. The minimum atomic E-state index is -3.93. The molecule has 1 fully saturated rings. The van der Waals surface area contributed by atoms with Crippen LogP contribution in [0.3, 0.4) is 0 Å². The molecule has 2 aromatic rings. The van der Waals surface area contributed by atoms with Gasteiger partial charge in [-0.15, -0.1) is 0 Å². The van der Waals surface area contributed by atoms with Crippen LogP contribution in [0.1, 0.15) is 16.7 Å². The van der Waals surface area contributed by atoms with E-state index in [-0.39, 0.29) is 16.4 Å². The van der Waals surface area contributed by atoms with E-state index >= 15 is 0 Å². The predicted octanol–water partition coefficient (Wildman–Crippen LogP) is 2.74. The molecule has 1 aliphatic heterocycles. The lowest BCUT2D eigenvalue weighted by molar-refractivity contribution is 0.401. The molecule has 30 heavy (non-hydrogen) atoms. The third kappa shape index (κ3) is 4.99. The van der Waals surface area contributed by atoms with Crippen molar-refractivity contribution in [3.05, 3.63) is 58.1 Å². The summed E-state index contributed by atoms with van der Waals surface area (Å²) in [6, 6.07) is 9.92. The lowest BCUT2D eigenvalue weighted by atomic mass is 10.1. The molecule has 0 aliphatic carbocycles. The van der Waals surface area contributed by atoms with E-state index in [2.05, 4.69) is 5.32 Å². The van der Waals surface area contributed by atoms with Crippen molar-refractivity contribution in [2.45, 2.75) is 36.5 Å². The smallest absolute Gasteiger partial charge is 0.187 e. The Morgan fingerprint density at radius 1 is 1.10 bits per heavy atom. The summed E-state index contributed by atoms with van der Waals surface area (Å²) in [6.07, 6.45) is 0.632. The Balaban J connectivity index is 1.84. The molecule has 0 radical (unpaired) electrons. The zero-order valence-corrected chi connectivity index (χ0v) is 19.6. The minimum Gasteiger partial charge on any atom is -0.495 e. The molecular weight excluding hydrogens is 446 g/mol. The summed E-state index contributed by atoms with van der Waals surface area (Å²) in [4.78, 5) is 0.0414. The maximum absolute atomic E-state index is 13.4. The number of ether oxygens (including phenoxy) is 1. The number of sulfone groups is 2. The molecule has 0 saturated carbocycles. The quantitative estimate of drug-likeness (QED) is 0.667. The van der Waals surface area contributed by atoms with Gasteiger partial charge < -0.3 is 10.1 Å². The van der Waals surface area contributed by atoms with Crippen LogP contribution in [0.5, 0.6) is 5.75 Å². The van der Waals surface area contributed by atoms with Crippen molar-refractivity contribution in [2.75, 3.05) is 25.2 Å². The summed E-state index contributed by atoms with van der Waals surface area (Å²) in [7, 11) is -5.99. The molecule has 2 atom stereocenters. The highest BCUT2D eigenvalue weighted by molar-refractivity contribution is 7.96. The first-order valence-corrected chi connectivity index (χ1v) is 13.4. The molecule has 3 rings (SSSR count). The van der Waals surface area contributed by atoms with Gasteiger partial charge in [0.1, 0.15) is 10.6 Å². The lowest BCUT2D eigenvalue weighted by Crippen LogP contribution is -2.44. The summed E-state index contributed by atoms with van der Waals surface area (Å²) < 4.78 is 56.8. The summed E-state index contributed by atoms with van der Waals surface area (Å²) >= 11 is 5.89. The standard InChI is InChI=1S/C21H26ClNO5S2/c1-14-10-19(28-3)20(11-15(14)2)30(26,27)21-13-29(24,25)12-18(21)23-9-8-16-4-6-17(22)7-5-16/h4-7,10-11,18,21,23H,8-9,12-13H2,1-3H3/t18-,21-/m0/s1. The first-order chi connectivity index (χ1) is 14.0. The Labute approximate surface area is 183 Å². The molecule has 2 aromatic carbocycles. The van der Waals surface area contributed by atoms with Gasteiger partial charge in [0.2, 0.25) is 0 Å². The van der Waals surface area contributed by atoms with E-state index in [1.807, 2.05) is 26.0 Å². The molecule has 1 heterocycles. The number of nitrogens with one attached hydrogen (secondary N) is 1. The topological polar surface area (TPSA) is 89.5 Å². The zero-order valence-electron chi connectivity index (χ0n) is 17.2. The molecule has 0 unspecified atom stereocenters. The Kier molecular flexibility index (Phi) is 6.81. The van der Waals surface area contributed by atoms with Gasteiger partial charge in [0, 0.05) is 11.1 Å². The van der Waals surface area contributed by atoms with E-state index in [1.54, 1.807) is 24.3 Å². The SMILES string of the molecule is COc1cc(C)c(C)cc1S(=O)(=O)[C@H]1CS(=O)(=O)C[C@@H]1NCCc1ccc(Cl)cc1. The fourth-order valence-corrected chi connectivity index (χ4v) is 8.74. The normalized spacial score (nSPS) is 20.9. The van der Waals surface area contributed by atoms with Gasteiger partial charge in [0.25, 0.3) is 0 Å². The molecule has 1 saturated heterocycles. The number of hydrogen-bond donors (Lipinski definition) is 1. The van der Waals surface area contributed by atoms with Crippen molar-refractivity contribution in [1.82, 2.24) is 5.32 Å². The van der Waals surface area contributed by atoms with E-state index in [0.717, 1.165) is 16.7 Å². The average Bonchev–Trinajstić information content (AvgIpc) is 3.00. The van der Waals surface area contributed by atoms with E-state index < -0.39 is 36.7 Å². The summed E-state index contributed by atoms with van der Waals surface area (Å²) in [5.74, 6) is -0.364. The highest BCUT2D eigenvalue weighted by atomic mass is 35.5. The number of methoxy groups -OCH3 is 1. The van der Waals surface area contributed by atoms with Gasteiger partial charge in [0.15, 0.2) is 19.7 Å². The van der Waals surface area contributed by atoms with Gasteiger partial charge in [-0.05, 0) is 67.8 Å². The molecule has 0 spiro atoms. The molecule has 6 nitrogen and oxygen atoms in total. The Morgan fingerprint density at radius 2 is 1.73 bits per heavy atom. The van der Waals surface area contributed by atoms with Crippen LogP contribution in [0, 0.1) is 13.8 Å². The van der Waals surface area contributed by atoms with Crippen LogP contribution in [0.15, 0.2) is 41.3 Å². The molecule has 0 amide bonds. The molecule has 164 valence electrons. The van der Waals surface area contributed by atoms with Crippen molar-refractivity contribution in [2.24, 2.45) is 0 Å². The second-order valence-corrected chi connectivity index (χ2v) is 12.4. The summed E-state index contributed by atoms with van der Waals surface area (Å²) in [6.45, 7) is 4.15. The number of aryl methyl sites for hydroxylation is 2. The highest BCUT2D eigenvalue weighted by Gasteiger charge is 2.46. The molecular formula is C21H26ClNO5S2. The first-order valence-electron chi connectivity index (χ1n) is 9.61. The maximum atomic E-state index is 13.4. The van der Waals surface area contributed by atoms with Crippen LogP contribution >= 0.6 is 11.6 Å². The van der Waals surface area contributed by atoms with Crippen LogP contribution in [0.4, 0.5) is 0 Å². The number of benzene rings is 2. The van der Waals surface area contributed by atoms with E-state index in [1.165, 1.54) is 7.11 Å². The van der Waals surface area contributed by atoms with Crippen LogP contribution in [0.25, 0.3) is 0 Å². The fourth-order valence-electron chi connectivity index (χ4n) is 3.67. The summed E-state index contributed by atoms with van der Waals surface area (Å²) in [5.41, 5.74) is 2.74. The number of hydrogen-bond acceptors (Lipinski definition) is 6. The van der Waals surface area contributed by atoms with Gasteiger partial charge in [-0.3, -0.25) is 0 Å². The first kappa shape index (κ1) is 23.1. The Hall–Kier alpha value is -1.61. The van der Waals surface area contributed by atoms with Crippen molar-refractivity contribution < 1.29 is 21.6 Å². The van der Waals surface area contributed by atoms with Gasteiger partial charge in [0.05, 0.1) is 23.9 Å². The average molecular weight is 472 g/mol. The van der Waals surface area contributed by atoms with Crippen molar-refractivity contribution in [1.29, 1.82) is 0 Å². The molecule has 0 aromatic heterocycles. The Morgan fingerprint density at radius 3 is 2.37 bits per heavy atom. The van der Waals surface area contributed by atoms with Crippen molar-refractivity contribution in [3.63, 3.8) is 0 Å². The third-order valence-electron chi connectivity index (χ3n) is 5.52. The van der Waals surface area contributed by atoms with Crippen molar-refractivity contribution >= 4 is 31.3 Å². The van der Waals surface area contributed by atoms with Gasteiger partial charge in [-0.1, -0.05) is 23.7 Å². The maximum Gasteiger partial charge on any atom is 0.187 e. The van der Waals surface area contributed by atoms with E-state index in [9.17, 15) is 16.8 Å². The third-order valence-corrected chi connectivity index (χ3v) is 9.94. The van der Waals surface area contributed by atoms with Gasteiger partial charge in [-0.25, -0.2) is 16.8 Å². The second kappa shape index (κ2) is 8.86. The van der Waals surface area contributed by atoms with Crippen molar-refractivity contribution in [3.8, 4) is 5.75 Å². The molecule has 0 bridgehead atoms. The van der Waals surface area contributed by atoms with E-state index in [0.29, 0.717) is 18.0 Å². The predicted molar refractivity (Wildman–Crippen MR) is 119 cm³/mol. The second-order valence-electron chi connectivity index (χ2n) is 7.68. The molecule has 9 heteroatoms. The fraction of sp³-hybridized carbons (Fsp3) is 0.429. The summed E-state index contributed by atoms with van der Waals surface area (Å²) in [5, 5.41) is 2.73. The monoisotopic (exact) mass is 471 g/mol. The van der Waals surface area contributed by atoms with Gasteiger partial charge in [-0.2, -0.15) is 0 Å². The zero-order chi connectivity index (χ0) is 22.1. The van der Waals surface area contributed by atoms with Crippen LogP contribution in [0.2, 0.25) is 5.02 Å². The van der Waals surface area contributed by atoms with Crippen LogP contribution in [-0.4, -0.2) is 53.3 Å². The van der Waals surface area contributed by atoms with Gasteiger partial charge >= 0.3 is 0 Å². The molecule has 1 aliphatic rings. The Bertz CT molecular complexity index is 1130. The van der Waals surface area contributed by atoms with Crippen LogP contribution < -0.4 is 10.1 Å². The lowest BCUT2D eigenvalue weighted by Gasteiger charge is -2.22. The molecule has 1 N–H and O–H groups in total. The highest BCUT2D eigenvalue weighted by Crippen LogP contribution is 2.33. The number of halogens is 1.